The van der Waals surface area contributed by atoms with Crippen LogP contribution in [0.15, 0.2) is 48.9 Å². The van der Waals surface area contributed by atoms with Crippen molar-refractivity contribution in [2.75, 3.05) is 5.32 Å². The molecule has 3 heterocycles. The van der Waals surface area contributed by atoms with Crippen LogP contribution in [0.4, 0.5) is 32.0 Å². The van der Waals surface area contributed by atoms with Crippen molar-refractivity contribution < 1.29 is 31.1 Å². The number of aromatic nitrogens is 5. The van der Waals surface area contributed by atoms with Crippen LogP contribution < -0.4 is 5.32 Å². The molecule has 0 aliphatic carbocycles. The predicted octanol–water partition coefficient (Wildman–Crippen LogP) is 5.16. The van der Waals surface area contributed by atoms with Crippen molar-refractivity contribution in [1.82, 2.24) is 25.0 Å². The molecule has 1 amide bonds. The third-order valence-electron chi connectivity index (χ3n) is 4.51. The summed E-state index contributed by atoms with van der Waals surface area (Å²) in [7, 11) is 0. The van der Waals surface area contributed by atoms with E-state index in [2.05, 4.69) is 20.3 Å². The lowest BCUT2D eigenvalue weighted by Crippen LogP contribution is -2.21. The number of amides is 1. The highest BCUT2D eigenvalue weighted by Crippen LogP contribution is 2.36. The quantitative estimate of drug-likeness (QED) is 0.310. The van der Waals surface area contributed by atoms with Crippen molar-refractivity contribution >= 4 is 34.6 Å². The summed E-state index contributed by atoms with van der Waals surface area (Å²) in [6.07, 6.45) is -7.12. The number of H-pyrrole nitrogens is 1. The first-order valence-corrected chi connectivity index (χ1v) is 9.34. The first kappa shape index (κ1) is 22.4. The maximum Gasteiger partial charge on any atom is 0.434 e. The van der Waals surface area contributed by atoms with Gasteiger partial charge in [0.1, 0.15) is 10.3 Å². The molecule has 0 unspecified atom stereocenters. The normalized spacial score (nSPS) is 12.2. The number of carbonyl (C=O) groups is 1. The second-order valence-corrected chi connectivity index (χ2v) is 7.04. The van der Waals surface area contributed by atoms with Gasteiger partial charge in [0.15, 0.2) is 5.69 Å². The van der Waals surface area contributed by atoms with Crippen LogP contribution in [-0.4, -0.2) is 30.9 Å². The maximum absolute atomic E-state index is 14.0. The maximum atomic E-state index is 14.0. The number of aromatic amines is 1. The van der Waals surface area contributed by atoms with Gasteiger partial charge in [-0.25, -0.2) is 4.68 Å². The summed E-state index contributed by atoms with van der Waals surface area (Å²) in [6.45, 7) is 0. The van der Waals surface area contributed by atoms with E-state index in [1.165, 1.54) is 18.3 Å². The number of halogens is 6. The number of benzene rings is 1. The minimum Gasteiger partial charge on any atom is -0.322 e. The summed E-state index contributed by atoms with van der Waals surface area (Å²) in [5, 5.41) is 12.7. The van der Waals surface area contributed by atoms with E-state index in [9.17, 15) is 31.1 Å². The Kier molecular flexibility index (Phi) is 5.40. The highest BCUT2D eigenvalue weighted by molar-refractivity contribution is 7.71. The fraction of sp³-hybridized carbons (Fsp3) is 0.105. The molecule has 4 aromatic rings. The molecule has 0 saturated carbocycles. The van der Waals surface area contributed by atoms with Gasteiger partial charge in [-0.2, -0.15) is 36.5 Å². The van der Waals surface area contributed by atoms with E-state index >= 15 is 0 Å². The van der Waals surface area contributed by atoms with E-state index in [0.717, 1.165) is 12.3 Å². The van der Waals surface area contributed by atoms with Crippen molar-refractivity contribution in [3.8, 4) is 5.69 Å². The van der Waals surface area contributed by atoms with Crippen LogP contribution >= 0.6 is 12.2 Å². The van der Waals surface area contributed by atoms with Gasteiger partial charge in [0.2, 0.25) is 0 Å². The molecule has 1 aromatic carbocycles. The minimum absolute atomic E-state index is 0.0465. The third kappa shape index (κ3) is 4.28. The van der Waals surface area contributed by atoms with E-state index in [1.54, 1.807) is 6.07 Å². The Bertz CT molecular complexity index is 1420. The van der Waals surface area contributed by atoms with Crippen LogP contribution in [0.25, 0.3) is 16.5 Å². The SMILES string of the molecule is O=C(Nc1ccnc(C(F)(F)F)c1)c1cnn(-c2cccc3c(=S)[nH]ncc23)c1C(F)(F)F. The van der Waals surface area contributed by atoms with Crippen LogP contribution in [-0.2, 0) is 12.4 Å². The molecule has 0 spiro atoms. The van der Waals surface area contributed by atoms with Crippen molar-refractivity contribution in [1.29, 1.82) is 0 Å². The van der Waals surface area contributed by atoms with Gasteiger partial charge in [0.25, 0.3) is 5.91 Å². The molecule has 4 rings (SSSR count). The van der Waals surface area contributed by atoms with Gasteiger partial charge in [-0.15, -0.1) is 0 Å². The van der Waals surface area contributed by atoms with E-state index in [1.807, 2.05) is 5.32 Å². The number of hydrogen-bond acceptors (Lipinski definition) is 5. The molecule has 0 aliphatic rings. The molecule has 0 bridgehead atoms. The number of carbonyl (C=O) groups excluding carboxylic acids is 1. The van der Waals surface area contributed by atoms with Gasteiger partial charge in [-0.1, -0.05) is 24.4 Å². The molecule has 0 fully saturated rings. The molecular weight excluding hydrogens is 474 g/mol. The molecule has 170 valence electrons. The van der Waals surface area contributed by atoms with Crippen molar-refractivity contribution in [2.45, 2.75) is 12.4 Å². The first-order valence-electron chi connectivity index (χ1n) is 8.93. The predicted molar refractivity (Wildman–Crippen MR) is 106 cm³/mol. The molecular formula is C19H10F6N6OS. The molecule has 0 saturated heterocycles. The van der Waals surface area contributed by atoms with Crippen molar-refractivity contribution in [2.24, 2.45) is 0 Å². The monoisotopic (exact) mass is 484 g/mol. The number of hydrogen-bond donors (Lipinski definition) is 2. The van der Waals surface area contributed by atoms with Crippen LogP contribution in [0.1, 0.15) is 21.7 Å². The summed E-state index contributed by atoms with van der Waals surface area (Å²) < 4.78 is 81.2. The van der Waals surface area contributed by atoms with Gasteiger partial charge in [0.05, 0.1) is 23.6 Å². The van der Waals surface area contributed by atoms with E-state index in [4.69, 9.17) is 12.2 Å². The zero-order chi connectivity index (χ0) is 24.0. The van der Waals surface area contributed by atoms with E-state index < -0.39 is 35.2 Å². The molecule has 7 nitrogen and oxygen atoms in total. The van der Waals surface area contributed by atoms with Crippen LogP contribution in [0.5, 0.6) is 0 Å². The average Bonchev–Trinajstić information content (AvgIpc) is 3.19. The Balaban J connectivity index is 1.81. The highest BCUT2D eigenvalue weighted by atomic mass is 32.1. The zero-order valence-electron chi connectivity index (χ0n) is 16.0. The molecule has 0 aliphatic heterocycles. The Labute approximate surface area is 185 Å². The third-order valence-corrected chi connectivity index (χ3v) is 4.82. The largest absolute Gasteiger partial charge is 0.434 e. The second kappa shape index (κ2) is 7.95. The molecule has 0 radical (unpaired) electrons. The number of fused-ring (bicyclic) bond motifs is 1. The van der Waals surface area contributed by atoms with E-state index in [-0.39, 0.29) is 21.4 Å². The number of alkyl halides is 6. The van der Waals surface area contributed by atoms with Gasteiger partial charge in [0, 0.05) is 22.7 Å². The topological polar surface area (TPSA) is 88.5 Å². The number of rotatable bonds is 3. The summed E-state index contributed by atoms with van der Waals surface area (Å²) in [4.78, 5) is 15.7. The second-order valence-electron chi connectivity index (χ2n) is 6.64. The average molecular weight is 484 g/mol. The number of pyridine rings is 1. The van der Waals surface area contributed by atoms with Gasteiger partial charge >= 0.3 is 12.4 Å². The lowest BCUT2D eigenvalue weighted by molar-refractivity contribution is -0.143. The number of nitrogens with one attached hydrogen (secondary N) is 2. The number of nitrogens with zero attached hydrogens (tertiary/aromatic N) is 4. The Morgan fingerprint density at radius 2 is 1.79 bits per heavy atom. The summed E-state index contributed by atoms with van der Waals surface area (Å²) in [5.41, 5.74) is -4.05. The smallest absolute Gasteiger partial charge is 0.322 e. The Morgan fingerprint density at radius 3 is 2.48 bits per heavy atom. The molecule has 2 N–H and O–H groups in total. The Hall–Kier alpha value is -3.81. The van der Waals surface area contributed by atoms with Gasteiger partial charge in [-0.3, -0.25) is 14.9 Å². The fourth-order valence-corrected chi connectivity index (χ4v) is 3.35. The van der Waals surface area contributed by atoms with Crippen LogP contribution in [0.2, 0.25) is 0 Å². The Morgan fingerprint density at radius 1 is 1.03 bits per heavy atom. The lowest BCUT2D eigenvalue weighted by Gasteiger charge is -2.14. The zero-order valence-corrected chi connectivity index (χ0v) is 16.8. The summed E-state index contributed by atoms with van der Waals surface area (Å²) in [6, 6.07) is 5.89. The van der Waals surface area contributed by atoms with Crippen molar-refractivity contribution in [3.05, 3.63) is 70.5 Å². The highest BCUT2D eigenvalue weighted by Gasteiger charge is 2.41. The first-order chi connectivity index (χ1) is 15.5. The van der Waals surface area contributed by atoms with Crippen molar-refractivity contribution in [3.63, 3.8) is 0 Å². The van der Waals surface area contributed by atoms with Crippen LogP contribution in [0, 0.1) is 4.64 Å². The molecule has 33 heavy (non-hydrogen) atoms. The van der Waals surface area contributed by atoms with Crippen LogP contribution in [0.3, 0.4) is 0 Å². The molecule has 3 aromatic heterocycles. The van der Waals surface area contributed by atoms with E-state index in [0.29, 0.717) is 22.3 Å². The summed E-state index contributed by atoms with van der Waals surface area (Å²) >= 11 is 5.11. The lowest BCUT2D eigenvalue weighted by atomic mass is 10.1. The molecule has 0 atom stereocenters. The number of anilines is 1. The fourth-order valence-electron chi connectivity index (χ4n) is 3.12. The van der Waals surface area contributed by atoms with Gasteiger partial charge in [-0.05, 0) is 18.2 Å². The standard InChI is InChI=1S/C19H10F6N6OS/c20-18(21,22)14-6-9(4-5-26-14)29-16(32)12-8-28-31(15(12)19(23,24)25)13-3-1-2-10-11(13)7-27-30-17(10)33/h1-8H,(H,30,33)(H,26,29,32). The minimum atomic E-state index is -5.04. The molecule has 14 heteroatoms. The van der Waals surface area contributed by atoms with Gasteiger partial charge < -0.3 is 5.32 Å². The summed E-state index contributed by atoms with van der Waals surface area (Å²) in [5.74, 6) is -1.30.